The number of anilines is 1. The molecule has 0 aromatic heterocycles. The maximum atomic E-state index is 6.34. The quantitative estimate of drug-likeness (QED) is 0.185. The Bertz CT molecular complexity index is 2830. The van der Waals surface area contributed by atoms with E-state index < -0.39 is 5.41 Å². The molecule has 0 saturated heterocycles. The molecular formula is C50H36N2. The largest absolute Gasteiger partial charge is 0.397 e. The molecule has 0 radical (unpaired) electrons. The molecule has 246 valence electrons. The van der Waals surface area contributed by atoms with Crippen LogP contribution in [0.2, 0.25) is 0 Å². The molecule has 0 bridgehead atoms. The summed E-state index contributed by atoms with van der Waals surface area (Å²) in [6, 6.07) is 56.9. The number of nitrogens with two attached hydrogens (primary N) is 1. The number of allylic oxidation sites excluding steroid dienone is 3. The van der Waals surface area contributed by atoms with Crippen LogP contribution >= 0.6 is 0 Å². The third-order valence-corrected chi connectivity index (χ3v) is 12.0. The van der Waals surface area contributed by atoms with E-state index in [1.54, 1.807) is 0 Å². The smallest absolute Gasteiger partial charge is 0.0737 e. The van der Waals surface area contributed by atoms with Crippen molar-refractivity contribution in [2.45, 2.75) is 18.8 Å². The topological polar surface area (TPSA) is 38.0 Å². The van der Waals surface area contributed by atoms with Gasteiger partial charge in [-0.1, -0.05) is 146 Å². The van der Waals surface area contributed by atoms with Crippen molar-refractivity contribution in [3.8, 4) is 33.4 Å². The second-order valence-corrected chi connectivity index (χ2v) is 14.7. The molecule has 0 aliphatic heterocycles. The van der Waals surface area contributed by atoms with Crippen molar-refractivity contribution >= 4 is 38.0 Å². The average molecular weight is 665 g/mol. The van der Waals surface area contributed by atoms with Crippen LogP contribution in [0.15, 0.2) is 175 Å². The summed E-state index contributed by atoms with van der Waals surface area (Å²) >= 11 is 0. The van der Waals surface area contributed by atoms with Gasteiger partial charge in [0.1, 0.15) is 0 Å². The van der Waals surface area contributed by atoms with E-state index in [-0.39, 0.29) is 0 Å². The van der Waals surface area contributed by atoms with Crippen molar-refractivity contribution in [1.29, 1.82) is 0 Å². The summed E-state index contributed by atoms with van der Waals surface area (Å²) in [7, 11) is 0. The zero-order chi connectivity index (χ0) is 34.6. The van der Waals surface area contributed by atoms with E-state index in [2.05, 4.69) is 170 Å². The normalized spacial score (nSPS) is 16.4. The Morgan fingerprint density at radius 1 is 0.558 bits per heavy atom. The standard InChI is InChI=1S/C50H36N2/c1-30-11-10-20-45(51)49(30)52-34-25-21-31(22-26-34)32-23-27-35-33(29-32)24-28-42-46-40-16-4-2-12-36(40)37-13-3-5-17-41(37)48(46)50(47(35)42)43-18-8-6-14-38(43)39-15-7-9-19-44(39)50/h2-10,12-30,52H,11,51H2,1H3. The van der Waals surface area contributed by atoms with E-state index in [0.717, 1.165) is 23.5 Å². The summed E-state index contributed by atoms with van der Waals surface area (Å²) in [5.74, 6) is 0.371. The molecule has 8 aromatic carbocycles. The molecule has 0 saturated carbocycles. The monoisotopic (exact) mass is 664 g/mol. The lowest BCUT2D eigenvalue weighted by atomic mass is 9.68. The predicted octanol–water partition coefficient (Wildman–Crippen LogP) is 12.3. The second-order valence-electron chi connectivity index (χ2n) is 14.7. The van der Waals surface area contributed by atoms with E-state index in [1.165, 1.54) is 88.0 Å². The molecule has 1 atom stereocenters. The van der Waals surface area contributed by atoms with Crippen molar-refractivity contribution < 1.29 is 0 Å². The van der Waals surface area contributed by atoms with Crippen LogP contribution < -0.4 is 11.1 Å². The first-order valence-corrected chi connectivity index (χ1v) is 18.4. The van der Waals surface area contributed by atoms with Crippen molar-refractivity contribution in [1.82, 2.24) is 0 Å². The highest BCUT2D eigenvalue weighted by atomic mass is 14.9. The van der Waals surface area contributed by atoms with E-state index in [1.807, 2.05) is 6.08 Å². The fourth-order valence-corrected chi connectivity index (χ4v) is 9.82. The lowest BCUT2D eigenvalue weighted by Crippen LogP contribution is -2.26. The van der Waals surface area contributed by atoms with Gasteiger partial charge in [0.05, 0.1) is 11.1 Å². The summed E-state index contributed by atoms with van der Waals surface area (Å²) in [5.41, 5.74) is 22.1. The summed E-state index contributed by atoms with van der Waals surface area (Å²) in [4.78, 5) is 0. The van der Waals surface area contributed by atoms with Gasteiger partial charge >= 0.3 is 0 Å². The van der Waals surface area contributed by atoms with Crippen molar-refractivity contribution in [3.05, 3.63) is 197 Å². The summed E-state index contributed by atoms with van der Waals surface area (Å²) in [6.45, 7) is 2.22. The fourth-order valence-electron chi connectivity index (χ4n) is 9.82. The molecule has 2 heteroatoms. The lowest BCUT2D eigenvalue weighted by Gasteiger charge is -2.32. The highest BCUT2D eigenvalue weighted by molar-refractivity contribution is 6.21. The number of rotatable bonds is 3. The highest BCUT2D eigenvalue weighted by Gasteiger charge is 2.53. The summed E-state index contributed by atoms with van der Waals surface area (Å²) in [5, 5.41) is 11.4. The van der Waals surface area contributed by atoms with Crippen LogP contribution in [0.4, 0.5) is 5.69 Å². The van der Waals surface area contributed by atoms with Crippen LogP contribution in [-0.2, 0) is 5.41 Å². The Morgan fingerprint density at radius 2 is 1.17 bits per heavy atom. The van der Waals surface area contributed by atoms with Gasteiger partial charge in [0.15, 0.2) is 0 Å². The summed E-state index contributed by atoms with van der Waals surface area (Å²) in [6.07, 6.45) is 5.16. The maximum Gasteiger partial charge on any atom is 0.0737 e. The second kappa shape index (κ2) is 10.8. The summed E-state index contributed by atoms with van der Waals surface area (Å²) < 4.78 is 0. The van der Waals surface area contributed by atoms with Gasteiger partial charge in [-0.2, -0.15) is 0 Å². The molecule has 3 aliphatic carbocycles. The number of benzene rings is 8. The minimum absolute atomic E-state index is 0.371. The first-order chi connectivity index (χ1) is 25.6. The Labute approximate surface area is 303 Å². The number of hydrogen-bond donors (Lipinski definition) is 2. The van der Waals surface area contributed by atoms with Crippen LogP contribution in [0, 0.1) is 5.92 Å². The molecule has 11 rings (SSSR count). The van der Waals surface area contributed by atoms with Crippen molar-refractivity contribution in [2.24, 2.45) is 11.7 Å². The Morgan fingerprint density at radius 3 is 1.88 bits per heavy atom. The van der Waals surface area contributed by atoms with Gasteiger partial charge in [-0.3, -0.25) is 0 Å². The zero-order valence-corrected chi connectivity index (χ0v) is 29.0. The minimum Gasteiger partial charge on any atom is -0.397 e. The average Bonchev–Trinajstić information content (AvgIpc) is 3.68. The number of hydrogen-bond acceptors (Lipinski definition) is 2. The Kier molecular flexibility index (Phi) is 6.10. The number of nitrogens with one attached hydrogen (secondary N) is 1. The van der Waals surface area contributed by atoms with Gasteiger partial charge in [0, 0.05) is 17.3 Å². The maximum absolute atomic E-state index is 6.34. The molecule has 1 unspecified atom stereocenters. The van der Waals surface area contributed by atoms with Gasteiger partial charge in [-0.15, -0.1) is 0 Å². The fraction of sp³-hybridized carbons (Fsp3) is 0.0800. The van der Waals surface area contributed by atoms with E-state index in [0.29, 0.717) is 5.92 Å². The molecule has 52 heavy (non-hydrogen) atoms. The van der Waals surface area contributed by atoms with Gasteiger partial charge in [0.2, 0.25) is 0 Å². The third-order valence-electron chi connectivity index (χ3n) is 12.0. The Hall–Kier alpha value is -6.38. The van der Waals surface area contributed by atoms with Crippen LogP contribution in [-0.4, -0.2) is 0 Å². The van der Waals surface area contributed by atoms with Crippen molar-refractivity contribution in [2.75, 3.05) is 5.32 Å². The van der Waals surface area contributed by atoms with E-state index in [4.69, 9.17) is 5.73 Å². The molecule has 3 N–H and O–H groups in total. The molecule has 0 fully saturated rings. The molecule has 0 amide bonds. The molecule has 0 heterocycles. The van der Waals surface area contributed by atoms with E-state index >= 15 is 0 Å². The molecule has 3 aliphatic rings. The first kappa shape index (κ1) is 29.4. The van der Waals surface area contributed by atoms with Crippen molar-refractivity contribution in [3.63, 3.8) is 0 Å². The number of fused-ring (bicyclic) bond motifs is 17. The first-order valence-electron chi connectivity index (χ1n) is 18.4. The SMILES string of the molecule is CC1CC=CC(N)=C1Nc1ccc(-c2ccc3c4c(ccc3c2)-c2c(c3ccccc3c3ccccc23)C42c3ccccc3-c3ccccc32)cc1. The van der Waals surface area contributed by atoms with Gasteiger partial charge in [-0.25, -0.2) is 0 Å². The highest BCUT2D eigenvalue weighted by Crippen LogP contribution is 2.66. The van der Waals surface area contributed by atoms with Gasteiger partial charge in [0.25, 0.3) is 0 Å². The molecule has 1 spiro atoms. The van der Waals surface area contributed by atoms with Crippen LogP contribution in [0.25, 0.3) is 65.7 Å². The van der Waals surface area contributed by atoms with Crippen LogP contribution in [0.1, 0.15) is 35.6 Å². The van der Waals surface area contributed by atoms with Gasteiger partial charge < -0.3 is 11.1 Å². The van der Waals surface area contributed by atoms with Crippen LogP contribution in [0.3, 0.4) is 0 Å². The Balaban J connectivity index is 1.16. The minimum atomic E-state index is -0.461. The predicted molar refractivity (Wildman–Crippen MR) is 218 cm³/mol. The molecule has 8 aromatic rings. The molecular weight excluding hydrogens is 629 g/mol. The third kappa shape index (κ3) is 3.84. The zero-order valence-electron chi connectivity index (χ0n) is 29.0. The van der Waals surface area contributed by atoms with Gasteiger partial charge in [-0.05, 0) is 119 Å². The van der Waals surface area contributed by atoms with E-state index in [9.17, 15) is 0 Å². The molecule has 2 nitrogen and oxygen atoms in total. The lowest BCUT2D eigenvalue weighted by molar-refractivity contribution is 0.680. The van der Waals surface area contributed by atoms with Crippen LogP contribution in [0.5, 0.6) is 0 Å².